The van der Waals surface area contributed by atoms with Gasteiger partial charge in [-0.15, -0.1) is 11.3 Å². The molecule has 1 atom stereocenters. The molecule has 1 aromatic rings. The Balaban J connectivity index is 2.43. The highest BCUT2D eigenvalue weighted by Gasteiger charge is 2.14. The van der Waals surface area contributed by atoms with Gasteiger partial charge in [0.1, 0.15) is 0 Å². The van der Waals surface area contributed by atoms with E-state index in [1.165, 1.54) is 8.66 Å². The van der Waals surface area contributed by atoms with Crippen LogP contribution in [0.1, 0.15) is 18.7 Å². The monoisotopic (exact) mass is 304 g/mol. The summed E-state index contributed by atoms with van der Waals surface area (Å²) in [5.41, 5.74) is 5.79. The average Bonchev–Trinajstić information content (AvgIpc) is 2.60. The van der Waals surface area contributed by atoms with Crippen molar-refractivity contribution in [1.29, 1.82) is 0 Å². The molecule has 0 saturated heterocycles. The molecule has 1 rings (SSSR count). The maximum Gasteiger partial charge on any atom is 0.0701 e. The Kier molecular flexibility index (Phi) is 5.97. The Hall–Kier alpha value is 0.1000. The maximum atomic E-state index is 5.79. The van der Waals surface area contributed by atoms with E-state index in [2.05, 4.69) is 53.9 Å². The standard InChI is InChI=1S/C12H21BrN2S/c1-9(2)10(6-14)7-15(3)8-11-4-5-12(13)16-11/h4-5,9-10H,6-8,14H2,1-3H3. The van der Waals surface area contributed by atoms with E-state index in [0.717, 1.165) is 19.6 Å². The molecular weight excluding hydrogens is 284 g/mol. The SMILES string of the molecule is CC(C)C(CN)CN(C)Cc1ccc(Br)s1. The lowest BCUT2D eigenvalue weighted by molar-refractivity contribution is 0.236. The second-order valence-electron chi connectivity index (χ2n) is 4.64. The van der Waals surface area contributed by atoms with Crippen molar-refractivity contribution in [1.82, 2.24) is 4.90 Å². The number of nitrogens with two attached hydrogens (primary N) is 1. The summed E-state index contributed by atoms with van der Waals surface area (Å²) in [5, 5.41) is 0. The lowest BCUT2D eigenvalue weighted by Crippen LogP contribution is -2.32. The fourth-order valence-corrected chi connectivity index (χ4v) is 3.29. The van der Waals surface area contributed by atoms with Gasteiger partial charge in [-0.1, -0.05) is 13.8 Å². The summed E-state index contributed by atoms with van der Waals surface area (Å²) in [6.45, 7) is 7.35. The molecule has 0 fully saturated rings. The molecule has 0 aliphatic heterocycles. The van der Waals surface area contributed by atoms with E-state index in [9.17, 15) is 0 Å². The summed E-state index contributed by atoms with van der Waals surface area (Å²) in [5.74, 6) is 1.25. The van der Waals surface area contributed by atoms with Crippen LogP contribution in [0.2, 0.25) is 0 Å². The van der Waals surface area contributed by atoms with Crippen LogP contribution < -0.4 is 5.73 Å². The van der Waals surface area contributed by atoms with Crippen LogP contribution in [-0.4, -0.2) is 25.0 Å². The minimum Gasteiger partial charge on any atom is -0.330 e. The number of thiophene rings is 1. The lowest BCUT2D eigenvalue weighted by Gasteiger charge is -2.25. The molecule has 0 amide bonds. The molecule has 4 heteroatoms. The summed E-state index contributed by atoms with van der Waals surface area (Å²) >= 11 is 5.29. The fraction of sp³-hybridized carbons (Fsp3) is 0.667. The van der Waals surface area contributed by atoms with Crippen LogP contribution in [0.15, 0.2) is 15.9 Å². The molecule has 1 heterocycles. The van der Waals surface area contributed by atoms with Gasteiger partial charge in [0.05, 0.1) is 3.79 Å². The second kappa shape index (κ2) is 6.74. The summed E-state index contributed by atoms with van der Waals surface area (Å²) in [4.78, 5) is 3.75. The number of rotatable bonds is 6. The maximum absolute atomic E-state index is 5.79. The molecule has 2 nitrogen and oxygen atoms in total. The summed E-state index contributed by atoms with van der Waals surface area (Å²) < 4.78 is 1.20. The van der Waals surface area contributed by atoms with Crippen LogP contribution in [0, 0.1) is 11.8 Å². The normalized spacial score (nSPS) is 13.7. The van der Waals surface area contributed by atoms with Gasteiger partial charge in [-0.05, 0) is 53.5 Å². The van der Waals surface area contributed by atoms with Gasteiger partial charge in [0.15, 0.2) is 0 Å². The third-order valence-corrected chi connectivity index (χ3v) is 4.45. The molecule has 0 bridgehead atoms. The van der Waals surface area contributed by atoms with E-state index >= 15 is 0 Å². The van der Waals surface area contributed by atoms with E-state index in [1.54, 1.807) is 11.3 Å². The van der Waals surface area contributed by atoms with Crippen molar-refractivity contribution in [2.24, 2.45) is 17.6 Å². The van der Waals surface area contributed by atoms with Crippen molar-refractivity contribution in [3.05, 3.63) is 20.8 Å². The minimum atomic E-state index is 0.591. The Morgan fingerprint density at radius 1 is 1.44 bits per heavy atom. The number of hydrogen-bond acceptors (Lipinski definition) is 3. The topological polar surface area (TPSA) is 29.3 Å². The van der Waals surface area contributed by atoms with Crippen molar-refractivity contribution in [3.8, 4) is 0 Å². The molecule has 0 aliphatic rings. The van der Waals surface area contributed by atoms with Gasteiger partial charge < -0.3 is 10.6 Å². The third-order valence-electron chi connectivity index (χ3n) is 2.85. The summed E-state index contributed by atoms with van der Waals surface area (Å²) in [6, 6.07) is 4.29. The predicted octanol–water partition coefficient (Wildman–Crippen LogP) is 3.17. The first kappa shape index (κ1) is 14.2. The molecule has 1 aromatic heterocycles. The Labute approximate surface area is 111 Å². The van der Waals surface area contributed by atoms with Crippen molar-refractivity contribution >= 4 is 27.3 Å². The van der Waals surface area contributed by atoms with E-state index in [1.807, 2.05) is 0 Å². The fourth-order valence-electron chi connectivity index (χ4n) is 1.73. The van der Waals surface area contributed by atoms with Crippen molar-refractivity contribution in [2.75, 3.05) is 20.1 Å². The molecule has 92 valence electrons. The zero-order valence-electron chi connectivity index (χ0n) is 10.2. The second-order valence-corrected chi connectivity index (χ2v) is 7.19. The largest absolute Gasteiger partial charge is 0.330 e. The van der Waals surface area contributed by atoms with Crippen molar-refractivity contribution < 1.29 is 0 Å². The van der Waals surface area contributed by atoms with E-state index in [4.69, 9.17) is 5.73 Å². The summed E-state index contributed by atoms with van der Waals surface area (Å²) in [6.07, 6.45) is 0. The van der Waals surface area contributed by atoms with E-state index < -0.39 is 0 Å². The average molecular weight is 305 g/mol. The number of nitrogens with zero attached hydrogens (tertiary/aromatic N) is 1. The van der Waals surface area contributed by atoms with Crippen LogP contribution in [0.4, 0.5) is 0 Å². The van der Waals surface area contributed by atoms with Crippen LogP contribution in [0.3, 0.4) is 0 Å². The lowest BCUT2D eigenvalue weighted by atomic mass is 9.95. The van der Waals surface area contributed by atoms with Crippen LogP contribution >= 0.6 is 27.3 Å². The first-order valence-electron chi connectivity index (χ1n) is 5.65. The predicted molar refractivity (Wildman–Crippen MR) is 75.7 cm³/mol. The van der Waals surface area contributed by atoms with Crippen LogP contribution in [0.5, 0.6) is 0 Å². The third kappa shape index (κ3) is 4.53. The highest BCUT2D eigenvalue weighted by Crippen LogP contribution is 2.23. The van der Waals surface area contributed by atoms with Gasteiger partial charge >= 0.3 is 0 Å². The number of hydrogen-bond donors (Lipinski definition) is 1. The molecule has 0 radical (unpaired) electrons. The molecule has 0 spiro atoms. The van der Waals surface area contributed by atoms with Gasteiger partial charge in [-0.2, -0.15) is 0 Å². The first-order chi connectivity index (χ1) is 7.52. The number of halogens is 1. The molecule has 0 aliphatic carbocycles. The molecule has 0 aromatic carbocycles. The van der Waals surface area contributed by atoms with Crippen LogP contribution in [-0.2, 0) is 6.54 Å². The summed E-state index contributed by atoms with van der Waals surface area (Å²) in [7, 11) is 2.17. The quantitative estimate of drug-likeness (QED) is 0.874. The Morgan fingerprint density at radius 3 is 2.56 bits per heavy atom. The van der Waals surface area contributed by atoms with Crippen molar-refractivity contribution in [2.45, 2.75) is 20.4 Å². The molecule has 1 unspecified atom stereocenters. The minimum absolute atomic E-state index is 0.591. The van der Waals surface area contributed by atoms with Gasteiger partial charge in [0.2, 0.25) is 0 Å². The van der Waals surface area contributed by atoms with Crippen LogP contribution in [0.25, 0.3) is 0 Å². The highest BCUT2D eigenvalue weighted by atomic mass is 79.9. The van der Waals surface area contributed by atoms with Gasteiger partial charge in [-0.25, -0.2) is 0 Å². The van der Waals surface area contributed by atoms with Crippen molar-refractivity contribution in [3.63, 3.8) is 0 Å². The molecule has 16 heavy (non-hydrogen) atoms. The zero-order chi connectivity index (χ0) is 12.1. The smallest absolute Gasteiger partial charge is 0.0701 e. The zero-order valence-corrected chi connectivity index (χ0v) is 12.6. The van der Waals surface area contributed by atoms with Gasteiger partial charge in [0, 0.05) is 18.0 Å². The Bertz CT molecular complexity index is 312. The molecular formula is C12H21BrN2S. The highest BCUT2D eigenvalue weighted by molar-refractivity contribution is 9.11. The Morgan fingerprint density at radius 2 is 2.12 bits per heavy atom. The van der Waals surface area contributed by atoms with E-state index in [0.29, 0.717) is 11.8 Å². The molecule has 2 N–H and O–H groups in total. The molecule has 0 saturated carbocycles. The van der Waals surface area contributed by atoms with Gasteiger partial charge in [0.25, 0.3) is 0 Å². The first-order valence-corrected chi connectivity index (χ1v) is 7.26. The van der Waals surface area contributed by atoms with E-state index in [-0.39, 0.29) is 0 Å². The van der Waals surface area contributed by atoms with Gasteiger partial charge in [-0.3, -0.25) is 0 Å².